The zero-order chi connectivity index (χ0) is 13.7. The first-order valence-corrected chi connectivity index (χ1v) is 7.31. The molecule has 2 heterocycles. The van der Waals surface area contributed by atoms with Gasteiger partial charge in [0.15, 0.2) is 0 Å². The summed E-state index contributed by atoms with van der Waals surface area (Å²) in [7, 11) is 0. The van der Waals surface area contributed by atoms with Gasteiger partial charge in [-0.15, -0.1) is 11.3 Å². The van der Waals surface area contributed by atoms with Crippen LogP contribution in [0.2, 0.25) is 0 Å². The fraction of sp³-hybridized carbons (Fsp3) is 0.538. The van der Waals surface area contributed by atoms with Crippen LogP contribution in [0.1, 0.15) is 30.2 Å². The van der Waals surface area contributed by atoms with E-state index in [2.05, 4.69) is 10.6 Å². The number of thiophene rings is 1. The van der Waals surface area contributed by atoms with Crippen LogP contribution >= 0.6 is 11.3 Å². The van der Waals surface area contributed by atoms with Gasteiger partial charge in [-0.3, -0.25) is 9.59 Å². The third-order valence-corrected chi connectivity index (χ3v) is 4.24. The third kappa shape index (κ3) is 4.04. The van der Waals surface area contributed by atoms with Crippen molar-refractivity contribution in [2.75, 3.05) is 13.1 Å². The average Bonchev–Trinajstić information content (AvgIpc) is 2.92. The molecule has 1 aromatic heterocycles. The molecule has 6 heteroatoms. The standard InChI is InChI=1S/C13H18N2O3S/c16-12(17)7-10(11-4-2-6-19-11)15-13(18)9-3-1-5-14-8-9/h2,4,6,9-10,14H,1,3,5,7-8H2,(H,15,18)(H,16,17)/t9-,10?/m1/s1. The van der Waals surface area contributed by atoms with Crippen LogP contribution in [0.5, 0.6) is 0 Å². The molecular weight excluding hydrogens is 264 g/mol. The minimum atomic E-state index is -0.902. The van der Waals surface area contributed by atoms with Crippen molar-refractivity contribution in [1.82, 2.24) is 10.6 Å². The van der Waals surface area contributed by atoms with Crippen molar-refractivity contribution >= 4 is 23.2 Å². The van der Waals surface area contributed by atoms with Crippen molar-refractivity contribution in [3.8, 4) is 0 Å². The second-order valence-electron chi connectivity index (χ2n) is 4.72. The predicted octanol–water partition coefficient (Wildman–Crippen LogP) is 1.38. The Labute approximate surface area is 116 Å². The number of carbonyl (C=O) groups excluding carboxylic acids is 1. The number of amides is 1. The van der Waals surface area contributed by atoms with Gasteiger partial charge in [-0.05, 0) is 30.8 Å². The van der Waals surface area contributed by atoms with E-state index in [1.54, 1.807) is 0 Å². The molecule has 1 saturated heterocycles. The summed E-state index contributed by atoms with van der Waals surface area (Å²) in [5.74, 6) is -1.00. The van der Waals surface area contributed by atoms with Gasteiger partial charge < -0.3 is 15.7 Å². The molecule has 1 unspecified atom stereocenters. The number of hydrogen-bond acceptors (Lipinski definition) is 4. The maximum atomic E-state index is 12.1. The Morgan fingerprint density at radius 2 is 2.42 bits per heavy atom. The van der Waals surface area contributed by atoms with Crippen molar-refractivity contribution in [3.63, 3.8) is 0 Å². The zero-order valence-corrected chi connectivity index (χ0v) is 11.4. The summed E-state index contributed by atoms with van der Waals surface area (Å²) in [5.41, 5.74) is 0. The molecule has 104 valence electrons. The Balaban J connectivity index is 1.99. The van der Waals surface area contributed by atoms with Crippen molar-refractivity contribution < 1.29 is 14.7 Å². The molecule has 1 amide bonds. The Kier molecular flexibility index (Phi) is 4.93. The number of hydrogen-bond donors (Lipinski definition) is 3. The predicted molar refractivity (Wildman–Crippen MR) is 73.0 cm³/mol. The van der Waals surface area contributed by atoms with Crippen LogP contribution in [0.25, 0.3) is 0 Å². The molecule has 1 aliphatic rings. The molecule has 19 heavy (non-hydrogen) atoms. The van der Waals surface area contributed by atoms with Crippen LogP contribution in [-0.2, 0) is 9.59 Å². The number of rotatable bonds is 5. The molecule has 2 rings (SSSR count). The van der Waals surface area contributed by atoms with Crippen molar-refractivity contribution in [3.05, 3.63) is 22.4 Å². The minimum absolute atomic E-state index is 0.0492. The molecule has 2 atom stereocenters. The van der Waals surface area contributed by atoms with Gasteiger partial charge in [0, 0.05) is 11.4 Å². The van der Waals surface area contributed by atoms with E-state index in [0.717, 1.165) is 24.3 Å². The molecule has 1 aliphatic heterocycles. The normalized spacial score (nSPS) is 20.7. The lowest BCUT2D eigenvalue weighted by Crippen LogP contribution is -2.42. The van der Waals surface area contributed by atoms with Gasteiger partial charge in [-0.2, -0.15) is 0 Å². The van der Waals surface area contributed by atoms with E-state index in [-0.39, 0.29) is 18.2 Å². The summed E-state index contributed by atoms with van der Waals surface area (Å²) in [6, 6.07) is 3.30. The van der Waals surface area contributed by atoms with Crippen LogP contribution in [0, 0.1) is 5.92 Å². The Hall–Kier alpha value is -1.40. The van der Waals surface area contributed by atoms with Gasteiger partial charge in [-0.25, -0.2) is 0 Å². The number of carboxylic acid groups (broad SMARTS) is 1. The average molecular weight is 282 g/mol. The molecule has 0 radical (unpaired) electrons. The fourth-order valence-corrected chi connectivity index (χ4v) is 3.03. The highest BCUT2D eigenvalue weighted by molar-refractivity contribution is 7.10. The maximum absolute atomic E-state index is 12.1. The molecular formula is C13H18N2O3S. The second kappa shape index (κ2) is 6.68. The van der Waals surface area contributed by atoms with Gasteiger partial charge >= 0.3 is 5.97 Å². The minimum Gasteiger partial charge on any atom is -0.481 e. The largest absolute Gasteiger partial charge is 0.481 e. The summed E-state index contributed by atoms with van der Waals surface area (Å²) in [6.07, 6.45) is 1.77. The smallest absolute Gasteiger partial charge is 0.305 e. The highest BCUT2D eigenvalue weighted by Crippen LogP contribution is 2.23. The number of nitrogens with one attached hydrogen (secondary N) is 2. The Morgan fingerprint density at radius 1 is 1.58 bits per heavy atom. The van der Waals surface area contributed by atoms with E-state index < -0.39 is 12.0 Å². The van der Waals surface area contributed by atoms with Crippen LogP contribution < -0.4 is 10.6 Å². The van der Waals surface area contributed by atoms with Gasteiger partial charge in [0.05, 0.1) is 18.4 Å². The van der Waals surface area contributed by atoms with Gasteiger partial charge in [0.2, 0.25) is 5.91 Å². The van der Waals surface area contributed by atoms with Crippen molar-refractivity contribution in [1.29, 1.82) is 0 Å². The van der Waals surface area contributed by atoms with E-state index in [0.29, 0.717) is 6.54 Å². The summed E-state index contributed by atoms with van der Waals surface area (Å²) in [6.45, 7) is 1.63. The number of carboxylic acids is 1. The first-order valence-electron chi connectivity index (χ1n) is 6.43. The zero-order valence-electron chi connectivity index (χ0n) is 10.6. The maximum Gasteiger partial charge on any atom is 0.305 e. The molecule has 0 aliphatic carbocycles. The Morgan fingerprint density at radius 3 is 3.00 bits per heavy atom. The molecule has 1 aromatic rings. The molecule has 0 bridgehead atoms. The second-order valence-corrected chi connectivity index (χ2v) is 5.70. The molecule has 3 N–H and O–H groups in total. The number of carbonyl (C=O) groups is 2. The number of piperidine rings is 1. The summed E-state index contributed by atoms with van der Waals surface area (Å²) < 4.78 is 0. The molecule has 0 saturated carbocycles. The van der Waals surface area contributed by atoms with E-state index in [4.69, 9.17) is 5.11 Å². The topological polar surface area (TPSA) is 78.4 Å². The van der Waals surface area contributed by atoms with Crippen molar-refractivity contribution in [2.24, 2.45) is 5.92 Å². The van der Waals surface area contributed by atoms with Crippen molar-refractivity contribution in [2.45, 2.75) is 25.3 Å². The Bertz CT molecular complexity index is 427. The lowest BCUT2D eigenvalue weighted by molar-refractivity contribution is -0.137. The van der Waals surface area contributed by atoms with E-state index in [1.165, 1.54) is 11.3 Å². The highest BCUT2D eigenvalue weighted by atomic mass is 32.1. The van der Waals surface area contributed by atoms with Gasteiger partial charge in [0.25, 0.3) is 0 Å². The first-order chi connectivity index (χ1) is 9.16. The first kappa shape index (κ1) is 14.0. The third-order valence-electron chi connectivity index (χ3n) is 3.25. The van der Waals surface area contributed by atoms with Gasteiger partial charge in [-0.1, -0.05) is 6.07 Å². The molecule has 0 spiro atoms. The summed E-state index contributed by atoms with van der Waals surface area (Å²) in [4.78, 5) is 23.9. The highest BCUT2D eigenvalue weighted by Gasteiger charge is 2.25. The van der Waals surface area contributed by atoms with Crippen LogP contribution in [0.3, 0.4) is 0 Å². The molecule has 5 nitrogen and oxygen atoms in total. The summed E-state index contributed by atoms with van der Waals surface area (Å²) in [5, 5.41) is 16.9. The lowest BCUT2D eigenvalue weighted by atomic mass is 9.98. The van der Waals surface area contributed by atoms with Gasteiger partial charge in [0.1, 0.15) is 0 Å². The molecule has 0 aromatic carbocycles. The number of aliphatic carboxylic acids is 1. The fourth-order valence-electron chi connectivity index (χ4n) is 2.25. The van der Waals surface area contributed by atoms with Crippen LogP contribution in [0.15, 0.2) is 17.5 Å². The van der Waals surface area contributed by atoms with Crippen LogP contribution in [-0.4, -0.2) is 30.1 Å². The molecule has 1 fully saturated rings. The quantitative estimate of drug-likeness (QED) is 0.762. The lowest BCUT2D eigenvalue weighted by Gasteiger charge is -2.24. The SMILES string of the molecule is O=C(O)CC(NC(=O)[C@@H]1CCCNC1)c1cccs1. The van der Waals surface area contributed by atoms with E-state index in [9.17, 15) is 9.59 Å². The van der Waals surface area contributed by atoms with Crippen LogP contribution in [0.4, 0.5) is 0 Å². The summed E-state index contributed by atoms with van der Waals surface area (Å²) >= 11 is 1.47. The van der Waals surface area contributed by atoms with E-state index in [1.807, 2.05) is 17.5 Å². The van der Waals surface area contributed by atoms with E-state index >= 15 is 0 Å². The monoisotopic (exact) mass is 282 g/mol.